The Hall–Kier alpha value is -1.83. The van der Waals surface area contributed by atoms with Crippen molar-refractivity contribution in [1.82, 2.24) is 4.98 Å². The predicted octanol–water partition coefficient (Wildman–Crippen LogP) is 3.04. The molecular formula is C13H12BrClN4O2. The average Bonchev–Trinajstić information content (AvgIpc) is 2.49. The number of carbonyl (C=O) groups excluding carboxylic acids is 1. The molecule has 0 atom stereocenters. The summed E-state index contributed by atoms with van der Waals surface area (Å²) < 4.78 is 5.75. The minimum Gasteiger partial charge on any atom is -0.497 e. The van der Waals surface area contributed by atoms with Gasteiger partial charge < -0.3 is 15.5 Å². The molecule has 0 aliphatic carbocycles. The lowest BCUT2D eigenvalue weighted by Crippen LogP contribution is -2.18. The van der Waals surface area contributed by atoms with E-state index in [0.717, 1.165) is 0 Å². The van der Waals surface area contributed by atoms with Gasteiger partial charge in [-0.15, -0.1) is 0 Å². The van der Waals surface area contributed by atoms with E-state index in [0.29, 0.717) is 20.9 Å². The van der Waals surface area contributed by atoms with E-state index in [9.17, 15) is 4.79 Å². The first-order valence-corrected chi connectivity index (χ1v) is 6.99. The second-order valence-corrected chi connectivity index (χ2v) is 5.32. The van der Waals surface area contributed by atoms with Crippen LogP contribution in [-0.4, -0.2) is 18.0 Å². The summed E-state index contributed by atoms with van der Waals surface area (Å²) in [7, 11) is 1.53. The fourth-order valence-corrected chi connectivity index (χ4v) is 2.14. The van der Waals surface area contributed by atoms with Crippen LogP contribution in [0.25, 0.3) is 0 Å². The van der Waals surface area contributed by atoms with Gasteiger partial charge in [-0.05, 0) is 34.1 Å². The van der Waals surface area contributed by atoms with E-state index in [-0.39, 0.29) is 11.4 Å². The van der Waals surface area contributed by atoms with Crippen LogP contribution in [0.2, 0.25) is 5.02 Å². The van der Waals surface area contributed by atoms with Crippen LogP contribution in [0.4, 0.5) is 11.5 Å². The van der Waals surface area contributed by atoms with Crippen LogP contribution < -0.4 is 21.3 Å². The van der Waals surface area contributed by atoms with Crippen LogP contribution in [0.5, 0.6) is 5.75 Å². The number of aromatic nitrogens is 1. The summed E-state index contributed by atoms with van der Waals surface area (Å²) in [4.78, 5) is 16.3. The summed E-state index contributed by atoms with van der Waals surface area (Å²) in [5.74, 6) is 5.80. The second-order valence-electron chi connectivity index (χ2n) is 3.99. The summed E-state index contributed by atoms with van der Waals surface area (Å²) in [6.45, 7) is 0. The van der Waals surface area contributed by atoms with Crippen molar-refractivity contribution in [3.63, 3.8) is 0 Å². The second kappa shape index (κ2) is 6.75. The van der Waals surface area contributed by atoms with Crippen LogP contribution in [0.15, 0.2) is 34.9 Å². The van der Waals surface area contributed by atoms with Gasteiger partial charge in [0.25, 0.3) is 5.91 Å². The van der Waals surface area contributed by atoms with Gasteiger partial charge in [0.05, 0.1) is 23.4 Å². The number of pyridine rings is 1. The monoisotopic (exact) mass is 370 g/mol. The van der Waals surface area contributed by atoms with E-state index in [2.05, 4.69) is 31.7 Å². The highest BCUT2D eigenvalue weighted by Crippen LogP contribution is 2.28. The number of hydrogen-bond donors (Lipinski definition) is 3. The molecule has 0 fully saturated rings. The van der Waals surface area contributed by atoms with Crippen molar-refractivity contribution >= 4 is 44.9 Å². The third kappa shape index (κ3) is 3.63. The number of nitrogens with two attached hydrogens (primary N) is 1. The minimum atomic E-state index is -0.396. The number of rotatable bonds is 4. The van der Waals surface area contributed by atoms with Crippen molar-refractivity contribution in [3.8, 4) is 5.75 Å². The maximum atomic E-state index is 12.3. The molecule has 1 aromatic heterocycles. The molecule has 0 aliphatic heterocycles. The topological polar surface area (TPSA) is 89.3 Å². The molecule has 0 radical (unpaired) electrons. The van der Waals surface area contributed by atoms with Crippen molar-refractivity contribution < 1.29 is 9.53 Å². The lowest BCUT2D eigenvalue weighted by molar-refractivity contribution is 0.102. The molecule has 0 aliphatic rings. The van der Waals surface area contributed by atoms with Crippen LogP contribution in [0, 0.1) is 0 Å². The van der Waals surface area contributed by atoms with Gasteiger partial charge in [-0.1, -0.05) is 11.6 Å². The van der Waals surface area contributed by atoms with E-state index in [1.54, 1.807) is 24.3 Å². The fourth-order valence-electron chi connectivity index (χ4n) is 1.64. The maximum Gasteiger partial charge on any atom is 0.259 e. The Kier molecular flexibility index (Phi) is 5.00. The third-order valence-corrected chi connectivity index (χ3v) is 3.42. The molecule has 0 saturated carbocycles. The largest absolute Gasteiger partial charge is 0.497 e. The van der Waals surface area contributed by atoms with Crippen LogP contribution in [0.1, 0.15) is 10.4 Å². The third-order valence-electron chi connectivity index (χ3n) is 2.66. The molecule has 8 heteroatoms. The summed E-state index contributed by atoms with van der Waals surface area (Å²) in [5, 5.41) is 3.09. The highest BCUT2D eigenvalue weighted by Gasteiger charge is 2.15. The van der Waals surface area contributed by atoms with Gasteiger partial charge in [-0.2, -0.15) is 0 Å². The molecule has 110 valence electrons. The first-order chi connectivity index (χ1) is 10.0. The molecule has 1 aromatic carbocycles. The number of benzene rings is 1. The summed E-state index contributed by atoms with van der Waals surface area (Å²) >= 11 is 9.31. The molecule has 0 unspecified atom stereocenters. The number of methoxy groups -OCH3 is 1. The van der Waals surface area contributed by atoms with Crippen LogP contribution in [0.3, 0.4) is 0 Å². The van der Waals surface area contributed by atoms with Crippen LogP contribution in [-0.2, 0) is 0 Å². The van der Waals surface area contributed by atoms with E-state index in [1.165, 1.54) is 13.3 Å². The van der Waals surface area contributed by atoms with Gasteiger partial charge in [0.2, 0.25) is 0 Å². The smallest absolute Gasteiger partial charge is 0.259 e. The number of hydrazine groups is 1. The molecule has 4 N–H and O–H groups in total. The van der Waals surface area contributed by atoms with Crippen molar-refractivity contribution in [1.29, 1.82) is 0 Å². The van der Waals surface area contributed by atoms with E-state index >= 15 is 0 Å². The van der Waals surface area contributed by atoms with E-state index in [1.807, 2.05) is 0 Å². The number of nitrogen functional groups attached to an aromatic ring is 1. The SMILES string of the molecule is COc1ccc(Cl)c(NC(=O)c2cc(Br)cnc2NN)c1. The lowest BCUT2D eigenvalue weighted by Gasteiger charge is -2.11. The van der Waals surface area contributed by atoms with E-state index < -0.39 is 5.91 Å². The molecule has 1 amide bonds. The molecule has 6 nitrogen and oxygen atoms in total. The van der Waals surface area contributed by atoms with Gasteiger partial charge >= 0.3 is 0 Å². The Balaban J connectivity index is 2.32. The average molecular weight is 372 g/mol. The van der Waals surface area contributed by atoms with E-state index in [4.69, 9.17) is 22.2 Å². The maximum absolute atomic E-state index is 12.3. The molecule has 21 heavy (non-hydrogen) atoms. The van der Waals surface area contributed by atoms with Crippen molar-refractivity contribution in [2.45, 2.75) is 0 Å². The van der Waals surface area contributed by atoms with Gasteiger partial charge in [0.15, 0.2) is 5.82 Å². The zero-order chi connectivity index (χ0) is 15.4. The Morgan fingerprint density at radius 2 is 2.19 bits per heavy atom. The van der Waals surface area contributed by atoms with Gasteiger partial charge in [0.1, 0.15) is 5.75 Å². The number of hydrogen-bond acceptors (Lipinski definition) is 5. The van der Waals surface area contributed by atoms with Crippen molar-refractivity contribution in [2.24, 2.45) is 5.84 Å². The number of nitrogens with one attached hydrogen (secondary N) is 2. The first-order valence-electron chi connectivity index (χ1n) is 5.82. The molecule has 1 heterocycles. The quantitative estimate of drug-likeness (QED) is 0.568. The Morgan fingerprint density at radius 1 is 1.43 bits per heavy atom. The number of carbonyl (C=O) groups is 1. The lowest BCUT2D eigenvalue weighted by atomic mass is 10.2. The minimum absolute atomic E-state index is 0.259. The molecule has 2 aromatic rings. The molecule has 0 spiro atoms. The summed E-state index contributed by atoms with van der Waals surface area (Å²) in [5.41, 5.74) is 3.09. The Labute approximate surface area is 134 Å². The number of ether oxygens (including phenoxy) is 1. The standard InChI is InChI=1S/C13H12BrClN4O2/c1-21-8-2-3-10(15)11(5-8)18-13(20)9-4-7(14)6-17-12(9)19-16/h2-6H,16H2,1H3,(H,17,19)(H,18,20). The van der Waals surface area contributed by atoms with Gasteiger partial charge in [0, 0.05) is 16.7 Å². The zero-order valence-corrected chi connectivity index (χ0v) is 13.3. The number of anilines is 2. The van der Waals surface area contributed by atoms with Crippen LogP contribution >= 0.6 is 27.5 Å². The van der Waals surface area contributed by atoms with Gasteiger partial charge in [-0.25, -0.2) is 10.8 Å². The first kappa shape index (κ1) is 15.6. The molecule has 0 saturated heterocycles. The molecule has 2 rings (SSSR count). The zero-order valence-electron chi connectivity index (χ0n) is 11.0. The number of nitrogens with zero attached hydrogens (tertiary/aromatic N) is 1. The van der Waals surface area contributed by atoms with Crippen molar-refractivity contribution in [2.75, 3.05) is 17.9 Å². The molecular weight excluding hydrogens is 360 g/mol. The van der Waals surface area contributed by atoms with Crippen molar-refractivity contribution in [3.05, 3.63) is 45.5 Å². The normalized spacial score (nSPS) is 10.1. The summed E-state index contributed by atoms with van der Waals surface area (Å²) in [6, 6.07) is 6.57. The highest BCUT2D eigenvalue weighted by atomic mass is 79.9. The summed E-state index contributed by atoms with van der Waals surface area (Å²) in [6.07, 6.45) is 1.53. The highest BCUT2D eigenvalue weighted by molar-refractivity contribution is 9.10. The fraction of sp³-hybridized carbons (Fsp3) is 0.0769. The number of amides is 1. The Bertz CT molecular complexity index is 681. The van der Waals surface area contributed by atoms with Gasteiger partial charge in [-0.3, -0.25) is 4.79 Å². The number of halogens is 2. The Morgan fingerprint density at radius 3 is 2.86 bits per heavy atom. The predicted molar refractivity (Wildman–Crippen MR) is 85.7 cm³/mol. The molecule has 0 bridgehead atoms.